The number of alkyl halides is 3. The molecule has 1 aromatic heterocycles. The molecule has 0 N–H and O–H groups in total. The Hall–Kier alpha value is -2.36. The van der Waals surface area contributed by atoms with Gasteiger partial charge in [-0.05, 0) is 36.1 Å². The summed E-state index contributed by atoms with van der Waals surface area (Å²) < 4.78 is 52.8. The lowest BCUT2D eigenvalue weighted by atomic mass is 9.94. The maximum absolute atomic E-state index is 13.4. The van der Waals surface area contributed by atoms with Crippen molar-refractivity contribution in [3.63, 3.8) is 0 Å². The summed E-state index contributed by atoms with van der Waals surface area (Å²) in [6, 6.07) is 16.5. The number of nitrogens with zero attached hydrogens (tertiary/aromatic N) is 3. The first-order valence-electron chi connectivity index (χ1n) is 8.86. The molecular formula is C20H18F3N3O2S. The van der Waals surface area contributed by atoms with E-state index in [1.807, 2.05) is 48.7 Å². The summed E-state index contributed by atoms with van der Waals surface area (Å²) >= 11 is 1.54. The average Bonchev–Trinajstić information content (AvgIpc) is 3.37. The number of rotatable bonds is 5. The summed E-state index contributed by atoms with van der Waals surface area (Å²) in [5.74, 6) is -1.13. The zero-order chi connectivity index (χ0) is 20.5. The molecule has 0 saturated carbocycles. The number of hydrogen-bond donors (Lipinski definition) is 0. The molecule has 1 atom stereocenters. The highest BCUT2D eigenvalue weighted by Gasteiger charge is 2.46. The van der Waals surface area contributed by atoms with Crippen LogP contribution in [0.25, 0.3) is 5.69 Å². The quantitative estimate of drug-likeness (QED) is 0.570. The van der Waals surface area contributed by atoms with E-state index in [4.69, 9.17) is 9.47 Å². The topological polar surface area (TPSA) is 49.2 Å². The smallest absolute Gasteiger partial charge is 0.352 e. The first kappa shape index (κ1) is 19.9. The van der Waals surface area contributed by atoms with Crippen molar-refractivity contribution in [1.29, 1.82) is 0 Å². The summed E-state index contributed by atoms with van der Waals surface area (Å²) in [6.45, 7) is 0.0627. The second kappa shape index (κ2) is 7.81. The van der Waals surface area contributed by atoms with Gasteiger partial charge in [-0.15, -0.1) is 16.9 Å². The lowest BCUT2D eigenvalue weighted by molar-refractivity contribution is -0.145. The van der Waals surface area contributed by atoms with Gasteiger partial charge in [0.2, 0.25) is 0 Å². The molecule has 1 aliphatic heterocycles. The molecule has 0 spiro atoms. The van der Waals surface area contributed by atoms with Crippen LogP contribution in [0.1, 0.15) is 17.2 Å². The summed E-state index contributed by atoms with van der Waals surface area (Å²) in [4.78, 5) is 4.86. The minimum Gasteiger partial charge on any atom is -0.352 e. The standard InChI is InChI=1S/C20H18F3N3O2S/c1-29-16-9-7-15(8-10-16)26-18(24-17(25-26)20(21,22)23)19(12-27-13-28-19)11-14-5-3-2-4-6-14/h2-10H,11-13H2,1H3. The van der Waals surface area contributed by atoms with Crippen molar-refractivity contribution in [2.75, 3.05) is 19.7 Å². The van der Waals surface area contributed by atoms with E-state index in [1.165, 1.54) is 4.68 Å². The molecule has 1 aliphatic rings. The third kappa shape index (κ3) is 4.03. The second-order valence-corrected chi connectivity index (χ2v) is 7.51. The van der Waals surface area contributed by atoms with Crippen molar-refractivity contribution in [1.82, 2.24) is 14.8 Å². The Morgan fingerprint density at radius 3 is 2.41 bits per heavy atom. The monoisotopic (exact) mass is 421 g/mol. The molecule has 0 aliphatic carbocycles. The Kier molecular flexibility index (Phi) is 5.37. The molecule has 0 bridgehead atoms. The molecule has 152 valence electrons. The average molecular weight is 421 g/mol. The number of ether oxygens (including phenoxy) is 2. The maximum Gasteiger partial charge on any atom is 0.453 e. The molecule has 2 aromatic carbocycles. The van der Waals surface area contributed by atoms with Crippen molar-refractivity contribution in [2.24, 2.45) is 0 Å². The lowest BCUT2D eigenvalue weighted by Crippen LogP contribution is -2.35. The van der Waals surface area contributed by atoms with E-state index in [1.54, 1.807) is 23.9 Å². The van der Waals surface area contributed by atoms with Crippen LogP contribution >= 0.6 is 11.8 Å². The van der Waals surface area contributed by atoms with Gasteiger partial charge in [0.05, 0.1) is 12.3 Å². The first-order chi connectivity index (χ1) is 13.9. The van der Waals surface area contributed by atoms with Crippen LogP contribution in [0.15, 0.2) is 59.5 Å². The Balaban J connectivity index is 1.84. The third-order valence-corrected chi connectivity index (χ3v) is 5.42. The van der Waals surface area contributed by atoms with Crippen LogP contribution in [0, 0.1) is 0 Å². The van der Waals surface area contributed by atoms with Gasteiger partial charge in [0.25, 0.3) is 5.82 Å². The van der Waals surface area contributed by atoms with E-state index in [0.29, 0.717) is 12.1 Å². The van der Waals surface area contributed by atoms with E-state index >= 15 is 0 Å². The largest absolute Gasteiger partial charge is 0.453 e. The fraction of sp³-hybridized carbons (Fsp3) is 0.300. The maximum atomic E-state index is 13.4. The molecule has 1 fully saturated rings. The zero-order valence-corrected chi connectivity index (χ0v) is 16.3. The van der Waals surface area contributed by atoms with Gasteiger partial charge in [-0.1, -0.05) is 30.3 Å². The van der Waals surface area contributed by atoms with E-state index in [0.717, 1.165) is 10.5 Å². The van der Waals surface area contributed by atoms with Crippen LogP contribution in [0.4, 0.5) is 13.2 Å². The van der Waals surface area contributed by atoms with Gasteiger partial charge in [-0.25, -0.2) is 9.67 Å². The normalized spacial score (nSPS) is 19.6. The van der Waals surface area contributed by atoms with Crippen LogP contribution in [-0.2, 0) is 27.7 Å². The number of thioether (sulfide) groups is 1. The predicted octanol–water partition coefficient (Wildman–Crippen LogP) is 4.45. The number of benzene rings is 2. The molecule has 4 rings (SSSR count). The molecule has 0 radical (unpaired) electrons. The Bertz CT molecular complexity index is 969. The van der Waals surface area contributed by atoms with Crippen LogP contribution in [0.5, 0.6) is 0 Å². The molecule has 3 aromatic rings. The minimum absolute atomic E-state index is 0.0214. The molecular weight excluding hydrogens is 403 g/mol. The number of aromatic nitrogens is 3. The van der Waals surface area contributed by atoms with E-state index < -0.39 is 17.6 Å². The van der Waals surface area contributed by atoms with Crippen molar-refractivity contribution in [2.45, 2.75) is 23.1 Å². The predicted molar refractivity (Wildman–Crippen MR) is 102 cm³/mol. The molecule has 29 heavy (non-hydrogen) atoms. The van der Waals surface area contributed by atoms with Crippen molar-refractivity contribution >= 4 is 11.8 Å². The van der Waals surface area contributed by atoms with Gasteiger partial charge in [0, 0.05) is 11.3 Å². The van der Waals surface area contributed by atoms with E-state index in [9.17, 15) is 13.2 Å². The Labute approximate surface area is 169 Å². The van der Waals surface area contributed by atoms with Crippen LogP contribution in [-0.4, -0.2) is 34.4 Å². The van der Waals surface area contributed by atoms with Gasteiger partial charge in [0.15, 0.2) is 11.4 Å². The summed E-state index contributed by atoms with van der Waals surface area (Å²) in [5.41, 5.74) is 0.207. The minimum atomic E-state index is -4.67. The fourth-order valence-corrected chi connectivity index (χ4v) is 3.68. The van der Waals surface area contributed by atoms with Crippen molar-refractivity contribution in [3.8, 4) is 5.69 Å². The molecule has 5 nitrogen and oxygen atoms in total. The molecule has 2 heterocycles. The van der Waals surface area contributed by atoms with Crippen LogP contribution in [0.3, 0.4) is 0 Å². The summed E-state index contributed by atoms with van der Waals surface area (Å²) in [6.07, 6.45) is -2.43. The summed E-state index contributed by atoms with van der Waals surface area (Å²) in [5, 5.41) is 3.78. The van der Waals surface area contributed by atoms with Gasteiger partial charge in [-0.3, -0.25) is 0 Å². The highest BCUT2D eigenvalue weighted by Crippen LogP contribution is 2.37. The van der Waals surface area contributed by atoms with Gasteiger partial charge in [0.1, 0.15) is 6.79 Å². The van der Waals surface area contributed by atoms with Gasteiger partial charge >= 0.3 is 6.18 Å². The SMILES string of the molecule is CSc1ccc(-n2nc(C(F)(F)F)nc2C2(Cc3ccccc3)COCO2)cc1. The van der Waals surface area contributed by atoms with Crippen molar-refractivity contribution in [3.05, 3.63) is 71.8 Å². The zero-order valence-electron chi connectivity index (χ0n) is 15.5. The van der Waals surface area contributed by atoms with E-state index in [-0.39, 0.29) is 19.2 Å². The van der Waals surface area contributed by atoms with E-state index in [2.05, 4.69) is 10.1 Å². The highest BCUT2D eigenvalue weighted by molar-refractivity contribution is 7.98. The third-order valence-electron chi connectivity index (χ3n) is 4.67. The first-order valence-corrected chi connectivity index (χ1v) is 10.1. The molecule has 1 saturated heterocycles. The van der Waals surface area contributed by atoms with Gasteiger partial charge < -0.3 is 9.47 Å². The highest BCUT2D eigenvalue weighted by atomic mass is 32.2. The molecule has 1 unspecified atom stereocenters. The van der Waals surface area contributed by atoms with Crippen molar-refractivity contribution < 1.29 is 22.6 Å². The second-order valence-electron chi connectivity index (χ2n) is 6.63. The van der Waals surface area contributed by atoms with Gasteiger partial charge in [-0.2, -0.15) is 13.2 Å². The van der Waals surface area contributed by atoms with Crippen LogP contribution < -0.4 is 0 Å². The Morgan fingerprint density at radius 2 is 1.83 bits per heavy atom. The lowest BCUT2D eigenvalue weighted by Gasteiger charge is -2.26. The van der Waals surface area contributed by atoms with Crippen LogP contribution in [0.2, 0.25) is 0 Å². The molecule has 9 heteroatoms. The molecule has 0 amide bonds. The number of hydrogen-bond acceptors (Lipinski definition) is 5. The fourth-order valence-electron chi connectivity index (χ4n) is 3.27. The Morgan fingerprint density at radius 1 is 1.10 bits per heavy atom. The number of halogens is 3. The summed E-state index contributed by atoms with van der Waals surface area (Å²) in [7, 11) is 0.